The predicted octanol–water partition coefficient (Wildman–Crippen LogP) is 3.27. The van der Waals surface area contributed by atoms with Gasteiger partial charge in [-0.2, -0.15) is 0 Å². The third-order valence-corrected chi connectivity index (χ3v) is 2.64. The Hall–Kier alpha value is -0.850. The molecule has 0 bridgehead atoms. The van der Waals surface area contributed by atoms with Crippen molar-refractivity contribution in [3.63, 3.8) is 0 Å². The van der Waals surface area contributed by atoms with E-state index in [1.165, 1.54) is 5.57 Å². The Bertz CT molecular complexity index is 281. The molecule has 0 radical (unpaired) electrons. The van der Waals surface area contributed by atoms with E-state index in [9.17, 15) is 4.79 Å². The largest absolute Gasteiger partial charge is 0.294 e. The van der Waals surface area contributed by atoms with Crippen molar-refractivity contribution in [3.8, 4) is 0 Å². The molecule has 0 amide bonds. The highest BCUT2D eigenvalue weighted by Crippen LogP contribution is 2.31. The molecule has 1 aliphatic carbocycles. The van der Waals surface area contributed by atoms with Gasteiger partial charge in [0.1, 0.15) is 0 Å². The topological polar surface area (TPSA) is 17.1 Å². The van der Waals surface area contributed by atoms with Crippen molar-refractivity contribution < 1.29 is 4.79 Å². The van der Waals surface area contributed by atoms with Crippen LogP contribution in [0.25, 0.3) is 0 Å². The molecule has 1 rings (SSSR count). The Morgan fingerprint density at radius 3 is 2.62 bits per heavy atom. The zero-order valence-electron chi connectivity index (χ0n) is 8.98. The number of ketones is 1. The highest BCUT2D eigenvalue weighted by molar-refractivity contribution is 6.03. The van der Waals surface area contributed by atoms with Gasteiger partial charge in [-0.05, 0) is 32.3 Å². The van der Waals surface area contributed by atoms with Crippen LogP contribution in [-0.4, -0.2) is 5.78 Å². The Morgan fingerprint density at radius 1 is 1.62 bits per heavy atom. The summed E-state index contributed by atoms with van der Waals surface area (Å²) in [6.45, 7) is 8.22. The molecule has 0 spiro atoms. The molecular weight excluding hydrogens is 160 g/mol. The van der Waals surface area contributed by atoms with E-state index in [0.29, 0.717) is 5.78 Å². The average Bonchev–Trinajstić information content (AvgIpc) is 2.27. The summed E-state index contributed by atoms with van der Waals surface area (Å²) in [4.78, 5) is 11.7. The first kappa shape index (κ1) is 10.2. The van der Waals surface area contributed by atoms with Crippen molar-refractivity contribution in [1.82, 2.24) is 0 Å². The summed E-state index contributed by atoms with van der Waals surface area (Å²) in [5, 5.41) is 0. The Kier molecular flexibility index (Phi) is 3.07. The van der Waals surface area contributed by atoms with Crippen LogP contribution in [0.3, 0.4) is 0 Å². The van der Waals surface area contributed by atoms with Crippen LogP contribution in [0, 0.1) is 5.92 Å². The summed E-state index contributed by atoms with van der Waals surface area (Å²) in [5.41, 5.74) is 3.42. The molecule has 0 heterocycles. The van der Waals surface area contributed by atoms with Crippen LogP contribution < -0.4 is 0 Å². The smallest absolute Gasteiger partial charge is 0.166 e. The van der Waals surface area contributed by atoms with E-state index in [-0.39, 0.29) is 5.92 Å². The molecule has 13 heavy (non-hydrogen) atoms. The van der Waals surface area contributed by atoms with Gasteiger partial charge in [0.15, 0.2) is 5.78 Å². The normalized spacial score (nSPS) is 24.5. The summed E-state index contributed by atoms with van der Waals surface area (Å²) in [5.74, 6) is 0.537. The van der Waals surface area contributed by atoms with Crippen LogP contribution in [-0.2, 0) is 4.79 Å². The van der Waals surface area contributed by atoms with Gasteiger partial charge >= 0.3 is 0 Å². The Balaban J connectivity index is 2.97. The highest BCUT2D eigenvalue weighted by atomic mass is 16.1. The Morgan fingerprint density at radius 2 is 2.23 bits per heavy atom. The zero-order valence-corrected chi connectivity index (χ0v) is 8.98. The molecule has 72 valence electrons. The van der Waals surface area contributed by atoms with Crippen molar-refractivity contribution in [1.29, 1.82) is 0 Å². The molecule has 0 saturated heterocycles. The summed E-state index contributed by atoms with van der Waals surface area (Å²) in [7, 11) is 0. The van der Waals surface area contributed by atoms with E-state index in [0.717, 1.165) is 24.0 Å². The van der Waals surface area contributed by atoms with Crippen LogP contribution in [0.1, 0.15) is 40.5 Å². The molecule has 1 atom stereocenters. The maximum absolute atomic E-state index is 11.7. The van der Waals surface area contributed by atoms with Crippen molar-refractivity contribution >= 4 is 5.78 Å². The van der Waals surface area contributed by atoms with E-state index in [4.69, 9.17) is 0 Å². The van der Waals surface area contributed by atoms with Crippen molar-refractivity contribution in [3.05, 3.63) is 22.8 Å². The van der Waals surface area contributed by atoms with Crippen LogP contribution in [0.5, 0.6) is 0 Å². The van der Waals surface area contributed by atoms with Crippen molar-refractivity contribution in [2.45, 2.75) is 40.5 Å². The van der Waals surface area contributed by atoms with E-state index in [1.807, 2.05) is 13.8 Å². The van der Waals surface area contributed by atoms with Gasteiger partial charge in [-0.3, -0.25) is 4.79 Å². The second-order valence-corrected chi connectivity index (χ2v) is 3.92. The van der Waals surface area contributed by atoms with Crippen molar-refractivity contribution in [2.75, 3.05) is 0 Å². The number of allylic oxidation sites excluding steroid dienone is 4. The SMILES string of the molecule is CC/C=C(/C)C1=C(C)CC(C)C1=O. The minimum atomic E-state index is 0.204. The van der Waals surface area contributed by atoms with Gasteiger partial charge in [0.2, 0.25) is 0 Å². The standard InChI is InChI=1S/C12H18O/c1-5-6-8(2)11-9(3)7-10(4)12(11)13/h6,10H,5,7H2,1-4H3/b8-6-. The summed E-state index contributed by atoms with van der Waals surface area (Å²) < 4.78 is 0. The minimum absolute atomic E-state index is 0.204. The first-order valence-corrected chi connectivity index (χ1v) is 4.99. The molecule has 0 aromatic heterocycles. The maximum atomic E-state index is 11.7. The van der Waals surface area contributed by atoms with Gasteiger partial charge in [0.25, 0.3) is 0 Å². The van der Waals surface area contributed by atoms with E-state index < -0.39 is 0 Å². The van der Waals surface area contributed by atoms with E-state index in [2.05, 4.69) is 19.9 Å². The first-order chi connectivity index (χ1) is 6.07. The quantitative estimate of drug-likeness (QED) is 0.634. The summed E-state index contributed by atoms with van der Waals surface area (Å²) >= 11 is 0. The molecule has 1 heteroatoms. The van der Waals surface area contributed by atoms with Gasteiger partial charge < -0.3 is 0 Å². The zero-order chi connectivity index (χ0) is 10.0. The molecule has 0 aliphatic heterocycles. The van der Waals surface area contributed by atoms with Gasteiger partial charge in [0, 0.05) is 11.5 Å². The summed E-state index contributed by atoms with van der Waals surface area (Å²) in [6.07, 6.45) is 4.09. The Labute approximate surface area is 80.5 Å². The van der Waals surface area contributed by atoms with Crippen molar-refractivity contribution in [2.24, 2.45) is 5.92 Å². The molecular formula is C12H18O. The molecule has 0 aromatic carbocycles. The number of hydrogen-bond donors (Lipinski definition) is 0. The minimum Gasteiger partial charge on any atom is -0.294 e. The predicted molar refractivity (Wildman–Crippen MR) is 55.5 cm³/mol. The molecule has 1 aliphatic rings. The van der Waals surface area contributed by atoms with Crippen LogP contribution >= 0.6 is 0 Å². The van der Waals surface area contributed by atoms with Gasteiger partial charge in [-0.25, -0.2) is 0 Å². The molecule has 0 saturated carbocycles. The second kappa shape index (κ2) is 3.91. The fourth-order valence-corrected chi connectivity index (χ4v) is 2.05. The van der Waals surface area contributed by atoms with E-state index in [1.54, 1.807) is 0 Å². The lowest BCUT2D eigenvalue weighted by molar-refractivity contribution is -0.117. The molecule has 1 unspecified atom stereocenters. The van der Waals surface area contributed by atoms with Crippen LogP contribution in [0.2, 0.25) is 0 Å². The molecule has 0 fully saturated rings. The fourth-order valence-electron chi connectivity index (χ4n) is 2.05. The van der Waals surface area contributed by atoms with Crippen LogP contribution in [0.15, 0.2) is 22.8 Å². The monoisotopic (exact) mass is 178 g/mol. The summed E-state index contributed by atoms with van der Waals surface area (Å²) in [6, 6.07) is 0. The van der Waals surface area contributed by atoms with Gasteiger partial charge in [-0.15, -0.1) is 0 Å². The maximum Gasteiger partial charge on any atom is 0.166 e. The first-order valence-electron chi connectivity index (χ1n) is 4.99. The fraction of sp³-hybridized carbons (Fsp3) is 0.583. The van der Waals surface area contributed by atoms with Gasteiger partial charge in [-0.1, -0.05) is 25.5 Å². The highest BCUT2D eigenvalue weighted by Gasteiger charge is 2.27. The molecule has 1 nitrogen and oxygen atoms in total. The number of Topliss-reactive ketones (excluding diaryl/α,β-unsaturated/α-hetero) is 1. The average molecular weight is 178 g/mol. The van der Waals surface area contributed by atoms with Gasteiger partial charge in [0.05, 0.1) is 0 Å². The van der Waals surface area contributed by atoms with Crippen LogP contribution in [0.4, 0.5) is 0 Å². The lowest BCUT2D eigenvalue weighted by atomic mass is 10.0. The van der Waals surface area contributed by atoms with E-state index >= 15 is 0 Å². The third-order valence-electron chi connectivity index (χ3n) is 2.64. The number of hydrogen-bond acceptors (Lipinski definition) is 1. The third kappa shape index (κ3) is 1.90. The molecule has 0 N–H and O–H groups in total. The number of carbonyl (C=O) groups is 1. The lowest BCUT2D eigenvalue weighted by Gasteiger charge is -2.03. The second-order valence-electron chi connectivity index (χ2n) is 3.92. The number of carbonyl (C=O) groups excluding carboxylic acids is 1. The number of rotatable bonds is 2. The molecule has 0 aromatic rings. The lowest BCUT2D eigenvalue weighted by Crippen LogP contribution is -2.06.